The van der Waals surface area contributed by atoms with Gasteiger partial charge in [0.15, 0.2) is 0 Å². The fraction of sp³-hybridized carbons (Fsp3) is 0.643. The molecular weight excluding hydrogens is 226 g/mol. The molecule has 1 aliphatic rings. The third-order valence-corrected chi connectivity index (χ3v) is 3.56. The molecule has 1 aromatic rings. The summed E-state index contributed by atoms with van der Waals surface area (Å²) in [6.07, 6.45) is 3.39. The van der Waals surface area contributed by atoms with Gasteiger partial charge in [0.25, 0.3) is 0 Å². The number of rotatable bonds is 4. The predicted octanol–water partition coefficient (Wildman–Crippen LogP) is 1.71. The highest BCUT2D eigenvalue weighted by Gasteiger charge is 2.21. The minimum Gasteiger partial charge on any atom is -0.393 e. The van der Waals surface area contributed by atoms with Crippen LogP contribution in [0.5, 0.6) is 0 Å². The van der Waals surface area contributed by atoms with Crippen LogP contribution in [0.4, 0.5) is 5.82 Å². The van der Waals surface area contributed by atoms with Crippen molar-refractivity contribution in [1.82, 2.24) is 10.3 Å². The van der Waals surface area contributed by atoms with Gasteiger partial charge < -0.3 is 15.3 Å². The Bertz CT molecular complexity index is 375. The Labute approximate surface area is 109 Å². The molecule has 4 nitrogen and oxygen atoms in total. The molecule has 100 valence electrons. The fourth-order valence-electron chi connectivity index (χ4n) is 2.51. The van der Waals surface area contributed by atoms with Crippen LogP contribution in [0, 0.1) is 0 Å². The van der Waals surface area contributed by atoms with E-state index >= 15 is 0 Å². The van der Waals surface area contributed by atoms with Crippen LogP contribution in [0.2, 0.25) is 0 Å². The molecule has 1 saturated heterocycles. The van der Waals surface area contributed by atoms with Crippen molar-refractivity contribution >= 4 is 5.82 Å². The van der Waals surface area contributed by atoms with Crippen LogP contribution in [0.3, 0.4) is 0 Å². The summed E-state index contributed by atoms with van der Waals surface area (Å²) in [6, 6.07) is 4.44. The minimum absolute atomic E-state index is 0.139. The van der Waals surface area contributed by atoms with Crippen LogP contribution < -0.4 is 10.2 Å². The first-order chi connectivity index (χ1) is 8.72. The summed E-state index contributed by atoms with van der Waals surface area (Å²) in [5.41, 5.74) is 1.25. The van der Waals surface area contributed by atoms with E-state index in [-0.39, 0.29) is 6.10 Å². The first-order valence-corrected chi connectivity index (χ1v) is 6.83. The van der Waals surface area contributed by atoms with Crippen molar-refractivity contribution in [2.75, 3.05) is 24.5 Å². The first kappa shape index (κ1) is 13.3. The van der Waals surface area contributed by atoms with Crippen LogP contribution in [0.25, 0.3) is 0 Å². The second kappa shape index (κ2) is 6.16. The van der Waals surface area contributed by atoms with Gasteiger partial charge in [0.05, 0.1) is 6.10 Å². The maximum absolute atomic E-state index is 9.58. The van der Waals surface area contributed by atoms with Gasteiger partial charge in [0, 0.05) is 30.9 Å². The average Bonchev–Trinajstić information content (AvgIpc) is 2.40. The Morgan fingerprint density at radius 3 is 2.89 bits per heavy atom. The number of aromatic nitrogens is 1. The number of nitrogens with one attached hydrogen (secondary N) is 1. The van der Waals surface area contributed by atoms with Crippen LogP contribution in [0.1, 0.15) is 38.3 Å². The molecule has 2 rings (SSSR count). The zero-order valence-corrected chi connectivity index (χ0v) is 11.3. The minimum atomic E-state index is -0.139. The van der Waals surface area contributed by atoms with Gasteiger partial charge in [-0.15, -0.1) is 0 Å². The van der Waals surface area contributed by atoms with Crippen LogP contribution in [0.15, 0.2) is 18.3 Å². The average molecular weight is 249 g/mol. The Morgan fingerprint density at radius 2 is 2.22 bits per heavy atom. The second-order valence-corrected chi connectivity index (χ2v) is 4.91. The summed E-state index contributed by atoms with van der Waals surface area (Å²) in [5, 5.41) is 13.0. The second-order valence-electron chi connectivity index (χ2n) is 4.91. The van der Waals surface area contributed by atoms with Gasteiger partial charge in [-0.25, -0.2) is 4.98 Å². The molecule has 0 amide bonds. The van der Waals surface area contributed by atoms with Gasteiger partial charge in [-0.1, -0.05) is 13.0 Å². The Kier molecular flexibility index (Phi) is 4.55. The number of hydrogen-bond donors (Lipinski definition) is 2. The summed E-state index contributed by atoms with van der Waals surface area (Å²) < 4.78 is 0. The van der Waals surface area contributed by atoms with E-state index in [9.17, 15) is 5.11 Å². The molecule has 0 aliphatic carbocycles. The van der Waals surface area contributed by atoms with E-state index in [0.29, 0.717) is 6.04 Å². The summed E-state index contributed by atoms with van der Waals surface area (Å²) in [6.45, 7) is 7.02. The van der Waals surface area contributed by atoms with Crippen molar-refractivity contribution in [2.24, 2.45) is 0 Å². The highest BCUT2D eigenvalue weighted by molar-refractivity contribution is 5.48. The normalized spacial score (nSPS) is 18.9. The summed E-state index contributed by atoms with van der Waals surface area (Å²) in [7, 11) is 0. The quantitative estimate of drug-likeness (QED) is 0.853. The molecule has 1 aliphatic heterocycles. The largest absolute Gasteiger partial charge is 0.393 e. The van der Waals surface area contributed by atoms with E-state index in [1.165, 1.54) is 5.56 Å². The van der Waals surface area contributed by atoms with Gasteiger partial charge in [-0.05, 0) is 32.4 Å². The van der Waals surface area contributed by atoms with Crippen molar-refractivity contribution in [3.63, 3.8) is 0 Å². The highest BCUT2D eigenvalue weighted by atomic mass is 16.3. The number of nitrogens with zero attached hydrogens (tertiary/aromatic N) is 2. The highest BCUT2D eigenvalue weighted by Crippen LogP contribution is 2.26. The van der Waals surface area contributed by atoms with Gasteiger partial charge >= 0.3 is 0 Å². The Balaban J connectivity index is 2.16. The molecule has 2 heterocycles. The molecule has 1 atom stereocenters. The number of hydrogen-bond acceptors (Lipinski definition) is 4. The van der Waals surface area contributed by atoms with Crippen molar-refractivity contribution in [3.05, 3.63) is 23.9 Å². The predicted molar refractivity (Wildman–Crippen MR) is 73.8 cm³/mol. The standard InChI is InChI=1S/C14H23N3O/c1-3-15-11(2)13-5-4-8-16-14(13)17-9-6-12(18)7-10-17/h4-5,8,11-12,15,18H,3,6-7,9-10H2,1-2H3. The molecule has 0 spiro atoms. The molecule has 0 bridgehead atoms. The number of aliphatic hydroxyl groups excluding tert-OH is 1. The van der Waals surface area contributed by atoms with Crippen LogP contribution >= 0.6 is 0 Å². The fourth-order valence-corrected chi connectivity index (χ4v) is 2.51. The smallest absolute Gasteiger partial charge is 0.133 e. The Hall–Kier alpha value is -1.13. The van der Waals surface area contributed by atoms with E-state index in [2.05, 4.69) is 35.1 Å². The molecule has 18 heavy (non-hydrogen) atoms. The van der Waals surface area contributed by atoms with Crippen molar-refractivity contribution in [3.8, 4) is 0 Å². The SMILES string of the molecule is CCNC(C)c1cccnc1N1CCC(O)CC1. The summed E-state index contributed by atoms with van der Waals surface area (Å²) >= 11 is 0. The van der Waals surface area contributed by atoms with E-state index in [1.54, 1.807) is 0 Å². The van der Waals surface area contributed by atoms with Crippen molar-refractivity contribution in [1.29, 1.82) is 0 Å². The molecule has 1 unspecified atom stereocenters. The van der Waals surface area contributed by atoms with Gasteiger partial charge in [-0.3, -0.25) is 0 Å². The van der Waals surface area contributed by atoms with Crippen molar-refractivity contribution < 1.29 is 5.11 Å². The third-order valence-electron chi connectivity index (χ3n) is 3.56. The monoisotopic (exact) mass is 249 g/mol. The molecule has 1 fully saturated rings. The molecule has 0 aromatic carbocycles. The Morgan fingerprint density at radius 1 is 1.50 bits per heavy atom. The first-order valence-electron chi connectivity index (χ1n) is 6.83. The number of aliphatic hydroxyl groups is 1. The lowest BCUT2D eigenvalue weighted by molar-refractivity contribution is 0.145. The number of pyridine rings is 1. The van der Waals surface area contributed by atoms with Gasteiger partial charge in [0.2, 0.25) is 0 Å². The van der Waals surface area contributed by atoms with E-state index in [4.69, 9.17) is 0 Å². The van der Waals surface area contributed by atoms with Crippen LogP contribution in [-0.4, -0.2) is 35.8 Å². The number of piperidine rings is 1. The maximum atomic E-state index is 9.58. The lowest BCUT2D eigenvalue weighted by atomic mass is 10.0. The molecule has 0 radical (unpaired) electrons. The third kappa shape index (κ3) is 3.00. The molecule has 1 aromatic heterocycles. The topological polar surface area (TPSA) is 48.4 Å². The summed E-state index contributed by atoms with van der Waals surface area (Å²) in [5.74, 6) is 1.07. The van der Waals surface area contributed by atoms with Crippen LogP contribution in [-0.2, 0) is 0 Å². The lowest BCUT2D eigenvalue weighted by Gasteiger charge is -2.32. The van der Waals surface area contributed by atoms with Gasteiger partial charge in [-0.2, -0.15) is 0 Å². The number of anilines is 1. The maximum Gasteiger partial charge on any atom is 0.133 e. The molecule has 4 heteroatoms. The van der Waals surface area contributed by atoms with E-state index in [1.807, 2.05) is 12.3 Å². The molecule has 0 saturated carbocycles. The zero-order chi connectivity index (χ0) is 13.0. The van der Waals surface area contributed by atoms with Crippen molar-refractivity contribution in [2.45, 2.75) is 38.8 Å². The zero-order valence-electron chi connectivity index (χ0n) is 11.3. The molecular formula is C14H23N3O. The lowest BCUT2D eigenvalue weighted by Crippen LogP contribution is -2.37. The molecule has 2 N–H and O–H groups in total. The van der Waals surface area contributed by atoms with Gasteiger partial charge in [0.1, 0.15) is 5.82 Å². The van der Waals surface area contributed by atoms with E-state index < -0.39 is 0 Å². The van der Waals surface area contributed by atoms with E-state index in [0.717, 1.165) is 38.3 Å². The summed E-state index contributed by atoms with van der Waals surface area (Å²) in [4.78, 5) is 6.82.